The molecule has 1 radical (unpaired) electrons. The minimum Gasteiger partial charge on any atom is -0.493 e. The third-order valence-electron chi connectivity index (χ3n) is 1.66. The van der Waals surface area contributed by atoms with Crippen LogP contribution in [0.15, 0.2) is 12.1 Å². The number of hydrogen-bond donors (Lipinski definition) is 0. The molecule has 0 amide bonds. The van der Waals surface area contributed by atoms with Gasteiger partial charge < -0.3 is 9.30 Å². The van der Waals surface area contributed by atoms with Crippen molar-refractivity contribution in [2.45, 2.75) is 0 Å². The Morgan fingerprint density at radius 2 is 2.15 bits per heavy atom. The average Bonchev–Trinajstić information content (AvgIpc) is 2.02. The lowest BCUT2D eigenvalue weighted by Crippen LogP contribution is -2.09. The van der Waals surface area contributed by atoms with Crippen molar-refractivity contribution in [1.29, 1.82) is 0 Å². The predicted octanol–water partition coefficient (Wildman–Crippen LogP) is 1.88. The molecule has 0 aliphatic rings. The van der Waals surface area contributed by atoms with Gasteiger partial charge in [-0.1, -0.05) is 0 Å². The van der Waals surface area contributed by atoms with E-state index in [2.05, 4.69) is 6.07 Å². The van der Waals surface area contributed by atoms with Crippen LogP contribution >= 0.6 is 7.14 Å². The van der Waals surface area contributed by atoms with Gasteiger partial charge in [-0.3, -0.25) is 0 Å². The second-order valence-corrected chi connectivity index (χ2v) is 6.24. The molecule has 0 aromatic heterocycles. The average molecular weight is 201 g/mol. The fraction of sp³-hybridized carbons (Fsp3) is 0.333. The van der Waals surface area contributed by atoms with Crippen LogP contribution in [0, 0.1) is 11.9 Å². The molecule has 0 fully saturated rings. The fourth-order valence-electron chi connectivity index (χ4n) is 1.01. The summed E-state index contributed by atoms with van der Waals surface area (Å²) in [6, 6.07) is 5.56. The Bertz CT molecular complexity index is 357. The molecule has 0 N–H and O–H groups in total. The number of benzene rings is 1. The van der Waals surface area contributed by atoms with Gasteiger partial charge in [0.25, 0.3) is 0 Å². The molecule has 0 saturated carbocycles. The van der Waals surface area contributed by atoms with Gasteiger partial charge in [-0.15, -0.1) is 0 Å². The van der Waals surface area contributed by atoms with Gasteiger partial charge in [-0.2, -0.15) is 0 Å². The molecule has 0 atom stereocenters. The van der Waals surface area contributed by atoms with Crippen molar-refractivity contribution < 1.29 is 13.7 Å². The van der Waals surface area contributed by atoms with Crippen LogP contribution < -0.4 is 10.0 Å². The maximum absolute atomic E-state index is 13.4. The molecule has 1 aromatic carbocycles. The summed E-state index contributed by atoms with van der Waals surface area (Å²) in [6.45, 7) is 3.04. The van der Waals surface area contributed by atoms with Crippen LogP contribution in [0.2, 0.25) is 0 Å². The van der Waals surface area contributed by atoms with E-state index in [1.807, 2.05) is 0 Å². The number of halogens is 1. The molecule has 71 valence electrons. The lowest BCUT2D eigenvalue weighted by molar-refractivity contribution is 0.387. The van der Waals surface area contributed by atoms with Crippen LogP contribution in [0.3, 0.4) is 0 Å². The minimum absolute atomic E-state index is 0.0152. The molecule has 0 bridgehead atoms. The summed E-state index contributed by atoms with van der Waals surface area (Å²) in [5.74, 6) is -0.556. The van der Waals surface area contributed by atoms with Gasteiger partial charge in [-0.25, -0.2) is 4.39 Å². The standard InChI is InChI=1S/C9H11FO2P/c1-12-7-5-4-6-8(9(7)10)13(2,3)11/h4,6H,1-3H3. The Morgan fingerprint density at radius 3 is 2.62 bits per heavy atom. The largest absolute Gasteiger partial charge is 0.493 e. The molecule has 1 aromatic rings. The second kappa shape index (κ2) is 3.51. The van der Waals surface area contributed by atoms with Crippen molar-refractivity contribution in [3.63, 3.8) is 0 Å². The molecule has 0 heterocycles. The number of rotatable bonds is 2. The van der Waals surface area contributed by atoms with Crippen LogP contribution in [0.25, 0.3) is 0 Å². The summed E-state index contributed by atoms with van der Waals surface area (Å²) >= 11 is 0. The van der Waals surface area contributed by atoms with E-state index in [0.29, 0.717) is 0 Å². The van der Waals surface area contributed by atoms with E-state index < -0.39 is 13.0 Å². The van der Waals surface area contributed by atoms with E-state index in [4.69, 9.17) is 4.74 Å². The van der Waals surface area contributed by atoms with Gasteiger partial charge in [0.1, 0.15) is 7.14 Å². The maximum Gasteiger partial charge on any atom is 0.176 e. The molecule has 0 saturated heterocycles. The van der Waals surface area contributed by atoms with Crippen LogP contribution in [-0.2, 0) is 4.57 Å². The third-order valence-corrected chi connectivity index (χ3v) is 3.17. The molecule has 0 spiro atoms. The van der Waals surface area contributed by atoms with Gasteiger partial charge in [0, 0.05) is 6.07 Å². The van der Waals surface area contributed by atoms with Crippen LogP contribution in [0.5, 0.6) is 5.75 Å². The summed E-state index contributed by atoms with van der Waals surface area (Å²) in [5.41, 5.74) is 0. The quantitative estimate of drug-likeness (QED) is 0.683. The Kier molecular flexibility index (Phi) is 2.77. The highest BCUT2D eigenvalue weighted by Gasteiger charge is 2.18. The molecule has 1 rings (SSSR count). The zero-order valence-corrected chi connectivity index (χ0v) is 8.69. The van der Waals surface area contributed by atoms with Crippen LogP contribution in [0.4, 0.5) is 4.39 Å². The third kappa shape index (κ3) is 2.10. The van der Waals surface area contributed by atoms with E-state index in [1.54, 1.807) is 0 Å². The number of methoxy groups -OCH3 is 1. The predicted molar refractivity (Wildman–Crippen MR) is 50.9 cm³/mol. The fourth-order valence-corrected chi connectivity index (χ4v) is 2.02. The van der Waals surface area contributed by atoms with E-state index in [0.717, 1.165) is 0 Å². The SMILES string of the molecule is COc1[c]ccc(P(C)(C)=O)c1F. The van der Waals surface area contributed by atoms with Crippen molar-refractivity contribution in [2.24, 2.45) is 0 Å². The first-order valence-corrected chi connectivity index (χ1v) is 6.36. The van der Waals surface area contributed by atoms with Gasteiger partial charge in [0.2, 0.25) is 0 Å². The topological polar surface area (TPSA) is 26.3 Å². The maximum atomic E-state index is 13.4. The van der Waals surface area contributed by atoms with Crippen molar-refractivity contribution in [3.8, 4) is 5.75 Å². The molecule has 4 heteroatoms. The monoisotopic (exact) mass is 201 g/mol. The van der Waals surface area contributed by atoms with E-state index in [9.17, 15) is 8.96 Å². The normalized spacial score (nSPS) is 11.4. The van der Waals surface area contributed by atoms with Crippen molar-refractivity contribution >= 4 is 12.4 Å². The smallest absolute Gasteiger partial charge is 0.176 e. The second-order valence-electron chi connectivity index (χ2n) is 3.06. The van der Waals surface area contributed by atoms with Gasteiger partial charge in [-0.05, 0) is 25.5 Å². The van der Waals surface area contributed by atoms with Crippen molar-refractivity contribution in [3.05, 3.63) is 24.0 Å². The first-order valence-electron chi connectivity index (χ1n) is 3.76. The molecule has 0 aliphatic carbocycles. The highest BCUT2D eigenvalue weighted by Crippen LogP contribution is 2.37. The van der Waals surface area contributed by atoms with Crippen LogP contribution in [0.1, 0.15) is 0 Å². The first-order chi connectivity index (χ1) is 5.96. The van der Waals surface area contributed by atoms with E-state index >= 15 is 0 Å². The number of ether oxygens (including phenoxy) is 1. The lowest BCUT2D eigenvalue weighted by Gasteiger charge is -2.09. The first kappa shape index (κ1) is 10.3. The molecular formula is C9H11FO2P. The van der Waals surface area contributed by atoms with Gasteiger partial charge >= 0.3 is 0 Å². The molecule has 13 heavy (non-hydrogen) atoms. The van der Waals surface area contributed by atoms with Gasteiger partial charge in [0.05, 0.1) is 12.4 Å². The Balaban J connectivity index is 3.32. The van der Waals surface area contributed by atoms with Crippen molar-refractivity contribution in [1.82, 2.24) is 0 Å². The summed E-state index contributed by atoms with van der Waals surface area (Å²) in [7, 11) is -1.21. The summed E-state index contributed by atoms with van der Waals surface area (Å²) in [4.78, 5) is 0. The minimum atomic E-state index is -2.57. The molecule has 0 aliphatic heterocycles. The molecule has 0 unspecified atom stereocenters. The van der Waals surface area contributed by atoms with Crippen molar-refractivity contribution in [2.75, 3.05) is 20.4 Å². The summed E-state index contributed by atoms with van der Waals surface area (Å²) in [5, 5.41) is 0.211. The van der Waals surface area contributed by atoms with E-state index in [1.165, 1.54) is 32.6 Å². The zero-order valence-electron chi connectivity index (χ0n) is 7.80. The highest BCUT2D eigenvalue weighted by molar-refractivity contribution is 7.70. The summed E-state index contributed by atoms with van der Waals surface area (Å²) in [6.07, 6.45) is 0. The van der Waals surface area contributed by atoms with Crippen LogP contribution in [-0.4, -0.2) is 20.4 Å². The summed E-state index contributed by atoms with van der Waals surface area (Å²) < 4.78 is 29.8. The Morgan fingerprint density at radius 1 is 1.54 bits per heavy atom. The van der Waals surface area contributed by atoms with E-state index in [-0.39, 0.29) is 11.1 Å². The Labute approximate surface area is 77.1 Å². The highest BCUT2D eigenvalue weighted by atomic mass is 31.2. The Hall–Kier alpha value is -0.820. The molecular weight excluding hydrogens is 190 g/mol. The lowest BCUT2D eigenvalue weighted by atomic mass is 10.3. The number of hydrogen-bond acceptors (Lipinski definition) is 2. The molecule has 2 nitrogen and oxygen atoms in total. The zero-order chi connectivity index (χ0) is 10.1. The van der Waals surface area contributed by atoms with Gasteiger partial charge in [0.15, 0.2) is 11.6 Å².